The van der Waals surface area contributed by atoms with E-state index in [2.05, 4.69) is 36.1 Å². The van der Waals surface area contributed by atoms with Gasteiger partial charge in [-0.2, -0.15) is 0 Å². The Bertz CT molecular complexity index is 649. The predicted molar refractivity (Wildman–Crippen MR) is 89.5 cm³/mol. The summed E-state index contributed by atoms with van der Waals surface area (Å²) in [6, 6.07) is 15.2. The summed E-state index contributed by atoms with van der Waals surface area (Å²) >= 11 is 0. The van der Waals surface area contributed by atoms with E-state index in [4.69, 9.17) is 5.73 Å². The Morgan fingerprint density at radius 3 is 2.55 bits per heavy atom. The van der Waals surface area contributed by atoms with Gasteiger partial charge in [-0.3, -0.25) is 0 Å². The molecule has 2 unspecified atom stereocenters. The van der Waals surface area contributed by atoms with E-state index in [1.54, 1.807) is 12.1 Å². The van der Waals surface area contributed by atoms with Crippen LogP contribution in [0.15, 0.2) is 48.5 Å². The van der Waals surface area contributed by atoms with E-state index in [0.29, 0.717) is 0 Å². The number of hydrogen-bond donors (Lipinski definition) is 1. The molecule has 0 saturated heterocycles. The molecule has 0 aromatic heterocycles. The summed E-state index contributed by atoms with van der Waals surface area (Å²) in [5, 5.41) is 0. The van der Waals surface area contributed by atoms with Crippen LogP contribution in [-0.2, 0) is 12.0 Å². The van der Waals surface area contributed by atoms with Gasteiger partial charge in [-0.25, -0.2) is 4.39 Å². The second-order valence-corrected chi connectivity index (χ2v) is 6.39. The quantitative estimate of drug-likeness (QED) is 0.933. The summed E-state index contributed by atoms with van der Waals surface area (Å²) in [6.07, 6.45) is 2.26. The number of nitrogens with two attached hydrogens (primary N) is 1. The maximum absolute atomic E-state index is 13.2. The van der Waals surface area contributed by atoms with E-state index in [1.807, 2.05) is 6.92 Å². The molecule has 0 spiro atoms. The Morgan fingerprint density at radius 2 is 1.82 bits per heavy atom. The third-order valence-electron chi connectivity index (χ3n) is 4.95. The standard InChI is InChI=1S/C19H23FN2/c1-14(19(2,21)16-9-11-17(20)12-10-16)22-13-5-7-15-6-3-4-8-18(15)22/h3-4,6,8-12,14H,5,7,13,21H2,1-2H3. The molecule has 0 bridgehead atoms. The van der Waals surface area contributed by atoms with Crippen molar-refractivity contribution in [3.63, 3.8) is 0 Å². The average Bonchev–Trinajstić information content (AvgIpc) is 2.54. The Morgan fingerprint density at radius 1 is 1.14 bits per heavy atom. The van der Waals surface area contributed by atoms with Gasteiger partial charge in [-0.15, -0.1) is 0 Å². The first-order valence-electron chi connectivity index (χ1n) is 7.89. The van der Waals surface area contributed by atoms with E-state index in [1.165, 1.54) is 23.4 Å². The highest BCUT2D eigenvalue weighted by Crippen LogP contribution is 2.34. The second-order valence-electron chi connectivity index (χ2n) is 6.39. The van der Waals surface area contributed by atoms with Crippen LogP contribution in [0.2, 0.25) is 0 Å². The molecule has 3 heteroatoms. The van der Waals surface area contributed by atoms with Crippen LogP contribution in [0.1, 0.15) is 31.4 Å². The fourth-order valence-corrected chi connectivity index (χ4v) is 3.34. The highest BCUT2D eigenvalue weighted by atomic mass is 19.1. The van der Waals surface area contributed by atoms with Crippen LogP contribution >= 0.6 is 0 Å². The normalized spacial score (nSPS) is 18.5. The molecule has 0 aliphatic carbocycles. The van der Waals surface area contributed by atoms with Crippen LogP contribution < -0.4 is 10.6 Å². The Balaban J connectivity index is 1.93. The topological polar surface area (TPSA) is 29.3 Å². The summed E-state index contributed by atoms with van der Waals surface area (Å²) in [7, 11) is 0. The van der Waals surface area contributed by atoms with Crippen molar-refractivity contribution in [1.82, 2.24) is 0 Å². The first kappa shape index (κ1) is 15.0. The number of aryl methyl sites for hydroxylation is 1. The van der Waals surface area contributed by atoms with E-state index in [-0.39, 0.29) is 11.9 Å². The lowest BCUT2D eigenvalue weighted by molar-refractivity contribution is 0.378. The molecule has 3 rings (SSSR count). The molecule has 1 aliphatic rings. The minimum Gasteiger partial charge on any atom is -0.366 e. The van der Waals surface area contributed by atoms with Crippen molar-refractivity contribution in [2.24, 2.45) is 5.73 Å². The second kappa shape index (κ2) is 5.73. The predicted octanol–water partition coefficient (Wildman–Crippen LogP) is 3.84. The van der Waals surface area contributed by atoms with Crippen LogP contribution in [0.25, 0.3) is 0 Å². The molecule has 0 fully saturated rings. The van der Waals surface area contributed by atoms with Gasteiger partial charge < -0.3 is 10.6 Å². The van der Waals surface area contributed by atoms with Crippen molar-refractivity contribution in [2.45, 2.75) is 38.3 Å². The van der Waals surface area contributed by atoms with Gasteiger partial charge in [0.05, 0.1) is 5.54 Å². The number of halogens is 1. The van der Waals surface area contributed by atoms with Crippen LogP contribution in [0, 0.1) is 5.82 Å². The van der Waals surface area contributed by atoms with E-state index < -0.39 is 5.54 Å². The molecule has 0 radical (unpaired) electrons. The minimum atomic E-state index is -0.544. The van der Waals surface area contributed by atoms with Gasteiger partial charge in [0.2, 0.25) is 0 Å². The summed E-state index contributed by atoms with van der Waals surface area (Å²) in [5.41, 5.74) is 9.74. The van der Waals surface area contributed by atoms with E-state index in [0.717, 1.165) is 24.9 Å². The Hall–Kier alpha value is -1.87. The lowest BCUT2D eigenvalue weighted by atomic mass is 9.84. The van der Waals surface area contributed by atoms with Crippen LogP contribution in [-0.4, -0.2) is 12.6 Å². The van der Waals surface area contributed by atoms with Crippen molar-refractivity contribution >= 4 is 5.69 Å². The molecule has 1 aliphatic heterocycles. The molecular formula is C19H23FN2. The van der Waals surface area contributed by atoms with Crippen LogP contribution in [0.3, 0.4) is 0 Å². The molecule has 2 N–H and O–H groups in total. The van der Waals surface area contributed by atoms with Crippen molar-refractivity contribution in [1.29, 1.82) is 0 Å². The Labute approximate surface area is 131 Å². The molecular weight excluding hydrogens is 275 g/mol. The van der Waals surface area contributed by atoms with Gasteiger partial charge in [0.25, 0.3) is 0 Å². The maximum atomic E-state index is 13.2. The van der Waals surface area contributed by atoms with Crippen molar-refractivity contribution in [3.05, 3.63) is 65.5 Å². The van der Waals surface area contributed by atoms with Gasteiger partial charge in [-0.05, 0) is 56.0 Å². The summed E-state index contributed by atoms with van der Waals surface area (Å²) in [6.45, 7) is 5.19. The molecule has 22 heavy (non-hydrogen) atoms. The van der Waals surface area contributed by atoms with E-state index in [9.17, 15) is 4.39 Å². The zero-order valence-corrected chi connectivity index (χ0v) is 13.2. The number of benzene rings is 2. The van der Waals surface area contributed by atoms with Crippen molar-refractivity contribution < 1.29 is 4.39 Å². The summed E-state index contributed by atoms with van der Waals surface area (Å²) in [4.78, 5) is 2.39. The molecule has 0 saturated carbocycles. The maximum Gasteiger partial charge on any atom is 0.123 e. The molecule has 2 aromatic carbocycles. The SMILES string of the molecule is CC(N1CCCc2ccccc21)C(C)(N)c1ccc(F)cc1. The Kier molecular flexibility index (Phi) is 3.92. The van der Waals surface area contributed by atoms with Crippen LogP contribution in [0.5, 0.6) is 0 Å². The van der Waals surface area contributed by atoms with Gasteiger partial charge in [-0.1, -0.05) is 30.3 Å². The number of para-hydroxylation sites is 1. The first-order chi connectivity index (χ1) is 10.5. The monoisotopic (exact) mass is 298 g/mol. The largest absolute Gasteiger partial charge is 0.366 e. The average molecular weight is 298 g/mol. The number of hydrogen-bond acceptors (Lipinski definition) is 2. The minimum absolute atomic E-state index is 0.124. The van der Waals surface area contributed by atoms with Gasteiger partial charge in [0.15, 0.2) is 0 Å². The van der Waals surface area contributed by atoms with Crippen LogP contribution in [0.4, 0.5) is 10.1 Å². The third-order valence-corrected chi connectivity index (χ3v) is 4.95. The van der Waals surface area contributed by atoms with Gasteiger partial charge >= 0.3 is 0 Å². The highest BCUT2D eigenvalue weighted by molar-refractivity contribution is 5.57. The molecule has 2 nitrogen and oxygen atoms in total. The molecule has 2 atom stereocenters. The number of anilines is 1. The highest BCUT2D eigenvalue weighted by Gasteiger charge is 2.34. The lowest BCUT2D eigenvalue weighted by Gasteiger charge is -2.44. The lowest BCUT2D eigenvalue weighted by Crippen LogP contribution is -2.54. The first-order valence-corrected chi connectivity index (χ1v) is 7.89. The fraction of sp³-hybridized carbons (Fsp3) is 0.368. The third kappa shape index (κ3) is 2.61. The van der Waals surface area contributed by atoms with Gasteiger partial charge in [0, 0.05) is 18.3 Å². The molecule has 2 aromatic rings. The molecule has 0 amide bonds. The summed E-state index contributed by atoms with van der Waals surface area (Å²) < 4.78 is 13.2. The fourth-order valence-electron chi connectivity index (χ4n) is 3.34. The smallest absolute Gasteiger partial charge is 0.123 e. The number of rotatable bonds is 3. The number of fused-ring (bicyclic) bond motifs is 1. The molecule has 1 heterocycles. The zero-order valence-electron chi connectivity index (χ0n) is 13.2. The molecule has 116 valence electrons. The van der Waals surface area contributed by atoms with Gasteiger partial charge in [0.1, 0.15) is 5.82 Å². The number of nitrogens with zero attached hydrogens (tertiary/aromatic N) is 1. The van der Waals surface area contributed by atoms with Crippen molar-refractivity contribution in [3.8, 4) is 0 Å². The van der Waals surface area contributed by atoms with Crippen molar-refractivity contribution in [2.75, 3.05) is 11.4 Å². The summed E-state index contributed by atoms with van der Waals surface area (Å²) in [5.74, 6) is -0.226. The van der Waals surface area contributed by atoms with E-state index >= 15 is 0 Å². The zero-order chi connectivity index (χ0) is 15.7.